The Hall–Kier alpha value is -0.740. The summed E-state index contributed by atoms with van der Waals surface area (Å²) in [5, 5.41) is 11.0. The Morgan fingerprint density at radius 3 is 3.09 bits per heavy atom. The van der Waals surface area contributed by atoms with Gasteiger partial charge < -0.3 is 5.11 Å². The largest absolute Gasteiger partial charge is 0.389 e. The van der Waals surface area contributed by atoms with Crippen molar-refractivity contribution in [3.8, 4) is 0 Å². The van der Waals surface area contributed by atoms with Gasteiger partial charge in [-0.3, -0.25) is 0 Å². The topological polar surface area (TPSA) is 33.1 Å². The molecule has 0 saturated heterocycles. The molecule has 0 saturated carbocycles. The van der Waals surface area contributed by atoms with Crippen molar-refractivity contribution >= 4 is 17.4 Å². The quantitative estimate of drug-likeness (QED) is 0.739. The molecule has 4 heteroatoms. The highest BCUT2D eigenvalue weighted by atomic mass is 32.1. The first kappa shape index (κ1) is 8.36. The summed E-state index contributed by atoms with van der Waals surface area (Å²) >= 11 is 1.45. The van der Waals surface area contributed by atoms with Crippen molar-refractivity contribution in [2.24, 2.45) is 0 Å². The van der Waals surface area contributed by atoms with Crippen LogP contribution >= 0.6 is 11.3 Å². The van der Waals surface area contributed by atoms with Gasteiger partial charge in [0.25, 0.3) is 0 Å². The van der Waals surface area contributed by atoms with Gasteiger partial charge in [0.1, 0.15) is 5.83 Å². The number of halogens is 1. The van der Waals surface area contributed by atoms with Crippen molar-refractivity contribution in [2.45, 2.75) is 6.92 Å². The van der Waals surface area contributed by atoms with Crippen molar-refractivity contribution in [1.82, 2.24) is 4.98 Å². The fourth-order valence-corrected chi connectivity index (χ4v) is 1.22. The lowest BCUT2D eigenvalue weighted by atomic mass is 10.4. The standard InChI is InChI=1S/C7H8FNOS/c1-5-9-7(4-11-5)2-6(8)3-10/h2,4,10H,3H2,1H3. The predicted octanol–water partition coefficient (Wildman–Crippen LogP) is 1.75. The Kier molecular flexibility index (Phi) is 2.73. The normalized spacial score (nSPS) is 12.1. The molecule has 60 valence electrons. The lowest BCUT2D eigenvalue weighted by Crippen LogP contribution is -1.82. The summed E-state index contributed by atoms with van der Waals surface area (Å²) in [6.45, 7) is 1.29. The molecule has 0 radical (unpaired) electrons. The molecule has 1 rings (SSSR count). The first-order valence-electron chi connectivity index (χ1n) is 3.11. The summed E-state index contributed by atoms with van der Waals surface area (Å²) in [6, 6.07) is 0. The van der Waals surface area contributed by atoms with Gasteiger partial charge in [-0.1, -0.05) is 0 Å². The second-order valence-electron chi connectivity index (χ2n) is 2.04. The zero-order valence-electron chi connectivity index (χ0n) is 6.04. The summed E-state index contributed by atoms with van der Waals surface area (Å²) in [5.74, 6) is -0.560. The molecular weight excluding hydrogens is 165 g/mol. The van der Waals surface area contributed by atoms with E-state index in [0.717, 1.165) is 5.01 Å². The number of hydrogen-bond donors (Lipinski definition) is 1. The number of rotatable bonds is 2. The zero-order valence-corrected chi connectivity index (χ0v) is 6.86. The van der Waals surface area contributed by atoms with Crippen LogP contribution in [0.3, 0.4) is 0 Å². The highest BCUT2D eigenvalue weighted by Crippen LogP contribution is 2.11. The fourth-order valence-electron chi connectivity index (χ4n) is 0.653. The smallest absolute Gasteiger partial charge is 0.127 e. The molecule has 1 heterocycles. The van der Waals surface area contributed by atoms with Gasteiger partial charge in [-0.05, 0) is 13.0 Å². The maximum Gasteiger partial charge on any atom is 0.127 e. The highest BCUT2D eigenvalue weighted by Gasteiger charge is 1.96. The summed E-state index contributed by atoms with van der Waals surface area (Å²) in [6.07, 6.45) is 1.23. The number of nitrogens with zero attached hydrogens (tertiary/aromatic N) is 1. The van der Waals surface area contributed by atoms with E-state index >= 15 is 0 Å². The van der Waals surface area contributed by atoms with E-state index in [2.05, 4.69) is 4.98 Å². The third kappa shape index (κ3) is 2.40. The van der Waals surface area contributed by atoms with E-state index in [1.54, 1.807) is 5.38 Å². The maximum atomic E-state index is 12.4. The lowest BCUT2D eigenvalue weighted by molar-refractivity contribution is 0.300. The fraction of sp³-hybridized carbons (Fsp3) is 0.286. The Labute approximate surface area is 68.0 Å². The van der Waals surface area contributed by atoms with E-state index in [-0.39, 0.29) is 0 Å². The van der Waals surface area contributed by atoms with Gasteiger partial charge in [0.05, 0.1) is 17.3 Å². The van der Waals surface area contributed by atoms with Gasteiger partial charge in [0.2, 0.25) is 0 Å². The van der Waals surface area contributed by atoms with Gasteiger partial charge >= 0.3 is 0 Å². The minimum absolute atomic E-state index is 0.559. The molecule has 0 aliphatic heterocycles. The molecule has 0 aliphatic rings. The van der Waals surface area contributed by atoms with Crippen LogP contribution in [0.15, 0.2) is 11.2 Å². The van der Waals surface area contributed by atoms with Crippen LogP contribution in [0.4, 0.5) is 4.39 Å². The van der Waals surface area contributed by atoms with Crippen LogP contribution < -0.4 is 0 Å². The third-order valence-electron chi connectivity index (χ3n) is 1.09. The van der Waals surface area contributed by atoms with Crippen LogP contribution in [0.5, 0.6) is 0 Å². The minimum atomic E-state index is -0.560. The van der Waals surface area contributed by atoms with Gasteiger partial charge in [-0.2, -0.15) is 0 Å². The molecule has 11 heavy (non-hydrogen) atoms. The van der Waals surface area contributed by atoms with E-state index in [0.29, 0.717) is 5.69 Å². The minimum Gasteiger partial charge on any atom is -0.389 e. The van der Waals surface area contributed by atoms with Crippen LogP contribution in [0, 0.1) is 6.92 Å². The Balaban J connectivity index is 2.78. The maximum absolute atomic E-state index is 12.4. The first-order valence-corrected chi connectivity index (χ1v) is 3.99. The summed E-state index contributed by atoms with van der Waals surface area (Å²) < 4.78 is 12.4. The number of thiazole rings is 1. The molecule has 0 bridgehead atoms. The third-order valence-corrected chi connectivity index (χ3v) is 1.88. The van der Waals surface area contributed by atoms with E-state index in [1.807, 2.05) is 6.92 Å². The number of aromatic nitrogens is 1. The molecule has 1 N–H and O–H groups in total. The van der Waals surface area contributed by atoms with E-state index < -0.39 is 12.4 Å². The second kappa shape index (κ2) is 3.59. The second-order valence-corrected chi connectivity index (χ2v) is 3.10. The van der Waals surface area contributed by atoms with Gasteiger partial charge in [0, 0.05) is 5.38 Å². The SMILES string of the molecule is Cc1nc(C=C(F)CO)cs1. The molecule has 2 nitrogen and oxygen atoms in total. The van der Waals surface area contributed by atoms with Crippen molar-refractivity contribution in [2.75, 3.05) is 6.61 Å². The summed E-state index contributed by atoms with van der Waals surface area (Å²) in [7, 11) is 0. The molecule has 0 aromatic carbocycles. The number of hydrogen-bond acceptors (Lipinski definition) is 3. The van der Waals surface area contributed by atoms with Crippen molar-refractivity contribution < 1.29 is 9.50 Å². The van der Waals surface area contributed by atoms with Gasteiger partial charge in [-0.15, -0.1) is 11.3 Å². The van der Waals surface area contributed by atoms with Crippen molar-refractivity contribution in [3.05, 3.63) is 21.9 Å². The Morgan fingerprint density at radius 2 is 2.64 bits per heavy atom. The van der Waals surface area contributed by atoms with Crippen LogP contribution in [0.1, 0.15) is 10.7 Å². The molecule has 0 unspecified atom stereocenters. The Morgan fingerprint density at radius 1 is 1.91 bits per heavy atom. The van der Waals surface area contributed by atoms with Crippen LogP contribution in [0.25, 0.3) is 6.08 Å². The average molecular weight is 173 g/mol. The number of aliphatic hydroxyl groups excluding tert-OH is 1. The van der Waals surface area contributed by atoms with Gasteiger partial charge in [-0.25, -0.2) is 9.37 Å². The molecule has 0 aliphatic carbocycles. The zero-order chi connectivity index (χ0) is 8.27. The molecule has 0 amide bonds. The van der Waals surface area contributed by atoms with E-state index in [4.69, 9.17) is 5.11 Å². The van der Waals surface area contributed by atoms with E-state index in [1.165, 1.54) is 17.4 Å². The number of aryl methyl sites for hydroxylation is 1. The summed E-state index contributed by atoms with van der Waals surface area (Å²) in [5.41, 5.74) is 0.569. The van der Waals surface area contributed by atoms with Crippen LogP contribution in [-0.4, -0.2) is 16.7 Å². The molecular formula is C7H8FNOS. The van der Waals surface area contributed by atoms with Crippen molar-refractivity contribution in [1.29, 1.82) is 0 Å². The van der Waals surface area contributed by atoms with Gasteiger partial charge in [0.15, 0.2) is 0 Å². The lowest BCUT2D eigenvalue weighted by Gasteiger charge is -1.86. The summed E-state index contributed by atoms with van der Waals surface area (Å²) in [4.78, 5) is 3.99. The molecule has 1 aromatic heterocycles. The molecule has 0 spiro atoms. The molecule has 1 aromatic rings. The predicted molar refractivity (Wildman–Crippen MR) is 43.0 cm³/mol. The van der Waals surface area contributed by atoms with Crippen LogP contribution in [0.2, 0.25) is 0 Å². The van der Waals surface area contributed by atoms with E-state index in [9.17, 15) is 4.39 Å². The highest BCUT2D eigenvalue weighted by molar-refractivity contribution is 7.09. The Bertz CT molecular complexity index is 269. The molecule has 0 fully saturated rings. The number of aliphatic hydroxyl groups is 1. The van der Waals surface area contributed by atoms with Crippen LogP contribution in [-0.2, 0) is 0 Å². The van der Waals surface area contributed by atoms with Crippen molar-refractivity contribution in [3.63, 3.8) is 0 Å². The monoisotopic (exact) mass is 173 g/mol. The molecule has 0 atom stereocenters. The first-order chi connectivity index (χ1) is 5.22. The average Bonchev–Trinajstić information content (AvgIpc) is 2.35.